The number of aromatic nitrogens is 4. The monoisotopic (exact) mass is 208 g/mol. The number of rotatable bonds is 2. The molecule has 0 unspecified atom stereocenters. The minimum Gasteiger partial charge on any atom is -0.390 e. The number of aliphatic hydroxyl groups is 1. The van der Waals surface area contributed by atoms with Crippen molar-refractivity contribution in [1.29, 1.82) is 0 Å². The first-order valence-electron chi connectivity index (χ1n) is 4.36. The van der Waals surface area contributed by atoms with Gasteiger partial charge in [0.2, 0.25) is 0 Å². The molecule has 2 aromatic rings. The highest BCUT2D eigenvalue weighted by atomic mass is 19.1. The van der Waals surface area contributed by atoms with E-state index in [9.17, 15) is 4.39 Å². The molecule has 0 spiro atoms. The summed E-state index contributed by atoms with van der Waals surface area (Å²) in [6.07, 6.45) is 1.09. The third-order valence-electron chi connectivity index (χ3n) is 2.04. The van der Waals surface area contributed by atoms with Gasteiger partial charge in [-0.05, 0) is 19.1 Å². The fraction of sp³-hybridized carbons (Fsp3) is 0.222. The van der Waals surface area contributed by atoms with E-state index in [1.165, 1.54) is 16.8 Å². The van der Waals surface area contributed by atoms with E-state index in [-0.39, 0.29) is 6.61 Å². The van der Waals surface area contributed by atoms with Crippen LogP contribution in [-0.4, -0.2) is 25.1 Å². The summed E-state index contributed by atoms with van der Waals surface area (Å²) in [6.45, 7) is 1.55. The third-order valence-corrected chi connectivity index (χ3v) is 2.04. The summed E-state index contributed by atoms with van der Waals surface area (Å²) >= 11 is 0. The van der Waals surface area contributed by atoms with Gasteiger partial charge in [0.15, 0.2) is 5.82 Å². The lowest BCUT2D eigenvalue weighted by Crippen LogP contribution is -2.05. The van der Waals surface area contributed by atoms with Gasteiger partial charge in [0.25, 0.3) is 0 Å². The Balaban J connectivity index is 2.49. The molecule has 78 valence electrons. The summed E-state index contributed by atoms with van der Waals surface area (Å²) in [6, 6.07) is 2.75. The fourth-order valence-electron chi connectivity index (χ4n) is 1.24. The molecule has 0 saturated heterocycles. The Kier molecular flexibility index (Phi) is 2.42. The average Bonchev–Trinajstić information content (AvgIpc) is 2.61. The molecule has 0 aliphatic rings. The second kappa shape index (κ2) is 3.74. The van der Waals surface area contributed by atoms with E-state index in [1.807, 2.05) is 0 Å². The van der Waals surface area contributed by atoms with Crippen molar-refractivity contribution in [2.24, 2.45) is 0 Å². The van der Waals surface area contributed by atoms with E-state index in [2.05, 4.69) is 15.3 Å². The van der Waals surface area contributed by atoms with E-state index >= 15 is 0 Å². The molecule has 2 aromatic heterocycles. The van der Waals surface area contributed by atoms with Crippen LogP contribution in [0.25, 0.3) is 5.82 Å². The molecule has 0 atom stereocenters. The zero-order valence-corrected chi connectivity index (χ0v) is 8.05. The van der Waals surface area contributed by atoms with E-state index in [4.69, 9.17) is 5.11 Å². The highest BCUT2D eigenvalue weighted by molar-refractivity contribution is 5.25. The van der Waals surface area contributed by atoms with Gasteiger partial charge in [0, 0.05) is 0 Å². The lowest BCUT2D eigenvalue weighted by molar-refractivity contribution is 0.272. The fourth-order valence-corrected chi connectivity index (χ4v) is 1.24. The van der Waals surface area contributed by atoms with Crippen molar-refractivity contribution in [3.63, 3.8) is 0 Å². The molecule has 1 N–H and O–H groups in total. The molecule has 0 bridgehead atoms. The third kappa shape index (κ3) is 1.71. The zero-order valence-electron chi connectivity index (χ0n) is 8.05. The summed E-state index contributed by atoms with van der Waals surface area (Å²) in [5.41, 5.74) is 1.18. The van der Waals surface area contributed by atoms with Crippen LogP contribution in [-0.2, 0) is 6.61 Å². The maximum absolute atomic E-state index is 12.6. The predicted octanol–water partition coefficient (Wildman–Crippen LogP) is 0.602. The lowest BCUT2D eigenvalue weighted by Gasteiger charge is -2.02. The zero-order chi connectivity index (χ0) is 10.8. The first-order chi connectivity index (χ1) is 7.22. The van der Waals surface area contributed by atoms with Gasteiger partial charge in [-0.2, -0.15) is 4.68 Å². The number of nitrogens with zero attached hydrogens (tertiary/aromatic N) is 4. The Morgan fingerprint density at radius 1 is 1.47 bits per heavy atom. The minimum atomic E-state index is -0.416. The van der Waals surface area contributed by atoms with Crippen LogP contribution in [0.1, 0.15) is 11.4 Å². The molecule has 0 aromatic carbocycles. The highest BCUT2D eigenvalue weighted by Crippen LogP contribution is 2.10. The minimum absolute atomic E-state index is 0.183. The molecule has 5 nitrogen and oxygen atoms in total. The van der Waals surface area contributed by atoms with Gasteiger partial charge >= 0.3 is 0 Å². The molecule has 0 aliphatic heterocycles. The first kappa shape index (κ1) is 9.72. The van der Waals surface area contributed by atoms with Crippen molar-refractivity contribution in [3.8, 4) is 5.82 Å². The maximum Gasteiger partial charge on any atom is 0.155 e. The molecule has 0 amide bonds. The second-order valence-electron chi connectivity index (χ2n) is 3.03. The summed E-state index contributed by atoms with van der Waals surface area (Å²) in [7, 11) is 0. The Bertz CT molecular complexity index is 465. The maximum atomic E-state index is 12.6. The SMILES string of the molecule is Cc1nnn(-c2ccc(F)cn2)c1CO. The summed E-state index contributed by atoms with van der Waals surface area (Å²) in [5.74, 6) is 0.0159. The van der Waals surface area contributed by atoms with Crippen molar-refractivity contribution < 1.29 is 9.50 Å². The van der Waals surface area contributed by atoms with Crippen molar-refractivity contribution in [2.75, 3.05) is 0 Å². The molecule has 6 heteroatoms. The molecule has 0 radical (unpaired) electrons. The van der Waals surface area contributed by atoms with Crippen LogP contribution in [0.5, 0.6) is 0 Å². The molecule has 15 heavy (non-hydrogen) atoms. The number of aliphatic hydroxyl groups excluding tert-OH is 1. The van der Waals surface area contributed by atoms with E-state index < -0.39 is 5.82 Å². The quantitative estimate of drug-likeness (QED) is 0.785. The molecule has 0 saturated carbocycles. The van der Waals surface area contributed by atoms with Crippen molar-refractivity contribution in [2.45, 2.75) is 13.5 Å². The highest BCUT2D eigenvalue weighted by Gasteiger charge is 2.10. The van der Waals surface area contributed by atoms with Crippen molar-refractivity contribution in [1.82, 2.24) is 20.0 Å². The van der Waals surface area contributed by atoms with Crippen LogP contribution in [0.4, 0.5) is 4.39 Å². The molecular weight excluding hydrogens is 199 g/mol. The molecule has 0 fully saturated rings. The van der Waals surface area contributed by atoms with Crippen LogP contribution >= 0.6 is 0 Å². The Hall–Kier alpha value is -1.82. The molecule has 2 heterocycles. The van der Waals surface area contributed by atoms with Crippen molar-refractivity contribution >= 4 is 0 Å². The topological polar surface area (TPSA) is 63.8 Å². The molecular formula is C9H9FN4O. The van der Waals surface area contributed by atoms with Crippen LogP contribution in [0.2, 0.25) is 0 Å². The van der Waals surface area contributed by atoms with Gasteiger partial charge in [-0.1, -0.05) is 5.21 Å². The number of aryl methyl sites for hydroxylation is 1. The van der Waals surface area contributed by atoms with Gasteiger partial charge in [-0.15, -0.1) is 5.10 Å². The Morgan fingerprint density at radius 3 is 2.87 bits per heavy atom. The van der Waals surface area contributed by atoms with Gasteiger partial charge in [-0.3, -0.25) is 0 Å². The molecule has 0 aliphatic carbocycles. The van der Waals surface area contributed by atoms with E-state index in [1.54, 1.807) is 6.92 Å². The van der Waals surface area contributed by atoms with Crippen LogP contribution in [0.3, 0.4) is 0 Å². The van der Waals surface area contributed by atoms with Gasteiger partial charge in [0.05, 0.1) is 24.2 Å². The Morgan fingerprint density at radius 2 is 2.27 bits per heavy atom. The normalized spacial score (nSPS) is 10.6. The predicted molar refractivity (Wildman–Crippen MR) is 49.8 cm³/mol. The largest absolute Gasteiger partial charge is 0.390 e. The van der Waals surface area contributed by atoms with Crippen molar-refractivity contribution in [3.05, 3.63) is 35.5 Å². The second-order valence-corrected chi connectivity index (χ2v) is 3.03. The summed E-state index contributed by atoms with van der Waals surface area (Å²) in [5, 5.41) is 16.7. The number of halogens is 1. The summed E-state index contributed by atoms with van der Waals surface area (Å²) < 4.78 is 14.0. The molecule has 2 rings (SSSR count). The van der Waals surface area contributed by atoms with Gasteiger partial charge < -0.3 is 5.11 Å². The van der Waals surface area contributed by atoms with Crippen LogP contribution in [0, 0.1) is 12.7 Å². The van der Waals surface area contributed by atoms with Crippen LogP contribution < -0.4 is 0 Å². The van der Waals surface area contributed by atoms with Crippen LogP contribution in [0.15, 0.2) is 18.3 Å². The number of hydrogen-bond donors (Lipinski definition) is 1. The number of pyridine rings is 1. The number of hydrogen-bond acceptors (Lipinski definition) is 4. The summed E-state index contributed by atoms with van der Waals surface area (Å²) in [4.78, 5) is 3.84. The first-order valence-corrected chi connectivity index (χ1v) is 4.36. The van der Waals surface area contributed by atoms with E-state index in [0.29, 0.717) is 17.2 Å². The smallest absolute Gasteiger partial charge is 0.155 e. The average molecular weight is 208 g/mol. The van der Waals surface area contributed by atoms with E-state index in [0.717, 1.165) is 6.20 Å². The Labute approximate surface area is 85.2 Å². The lowest BCUT2D eigenvalue weighted by atomic mass is 10.3. The van der Waals surface area contributed by atoms with Gasteiger partial charge in [0.1, 0.15) is 5.82 Å². The standard InChI is InChI=1S/C9H9FN4O/c1-6-8(5-15)14(13-12-6)9-3-2-7(10)4-11-9/h2-4,15H,5H2,1H3. The van der Waals surface area contributed by atoms with Gasteiger partial charge in [-0.25, -0.2) is 9.37 Å².